The Hall–Kier alpha value is -2.32. The summed E-state index contributed by atoms with van der Waals surface area (Å²) < 4.78 is 11.3. The van der Waals surface area contributed by atoms with Crippen molar-refractivity contribution in [3.8, 4) is 11.5 Å². The van der Waals surface area contributed by atoms with E-state index in [0.29, 0.717) is 24.1 Å². The molecule has 1 aromatic carbocycles. The minimum atomic E-state index is 0.00890. The fourth-order valence-corrected chi connectivity index (χ4v) is 4.55. The van der Waals surface area contributed by atoms with Crippen LogP contribution in [0.1, 0.15) is 28.2 Å². The van der Waals surface area contributed by atoms with Crippen LogP contribution in [0.5, 0.6) is 11.5 Å². The van der Waals surface area contributed by atoms with E-state index < -0.39 is 0 Å². The van der Waals surface area contributed by atoms with Gasteiger partial charge in [-0.2, -0.15) is 0 Å². The molecule has 0 saturated carbocycles. The molecule has 2 aromatic rings. The van der Waals surface area contributed by atoms with E-state index in [1.807, 2.05) is 6.07 Å². The molecule has 0 radical (unpaired) electrons. The van der Waals surface area contributed by atoms with E-state index >= 15 is 0 Å². The molecule has 0 unspecified atom stereocenters. The van der Waals surface area contributed by atoms with Gasteiger partial charge in [0.15, 0.2) is 16.6 Å². The third-order valence-electron chi connectivity index (χ3n) is 5.29. The van der Waals surface area contributed by atoms with Crippen molar-refractivity contribution in [3.05, 3.63) is 34.8 Å². The number of anilines is 1. The lowest BCUT2D eigenvalue weighted by Crippen LogP contribution is -2.47. The fourth-order valence-electron chi connectivity index (χ4n) is 3.56. The number of nitrogens with zero attached hydrogens (tertiary/aromatic N) is 4. The molecule has 0 aliphatic carbocycles. The number of piperazine rings is 1. The number of rotatable bonds is 4. The van der Waals surface area contributed by atoms with Crippen molar-refractivity contribution in [3.63, 3.8) is 0 Å². The van der Waals surface area contributed by atoms with Crippen LogP contribution in [-0.4, -0.2) is 74.2 Å². The molecular weight excluding hydrogens is 376 g/mol. The zero-order valence-electron chi connectivity index (χ0n) is 16.6. The second-order valence-electron chi connectivity index (χ2n) is 7.31. The van der Waals surface area contributed by atoms with Crippen LogP contribution < -0.4 is 14.4 Å². The van der Waals surface area contributed by atoms with Crippen LogP contribution in [0.2, 0.25) is 0 Å². The molecule has 0 bridgehead atoms. The van der Waals surface area contributed by atoms with E-state index in [9.17, 15) is 4.79 Å². The maximum atomic E-state index is 12.1. The van der Waals surface area contributed by atoms with Crippen molar-refractivity contribution < 1.29 is 14.3 Å². The Kier molecular flexibility index (Phi) is 5.41. The maximum Gasteiger partial charge on any atom is 0.265 e. The summed E-state index contributed by atoms with van der Waals surface area (Å²) in [7, 11) is 3.53. The second kappa shape index (κ2) is 7.97. The fraction of sp³-hybridized carbons (Fsp3) is 0.500. The zero-order chi connectivity index (χ0) is 19.7. The van der Waals surface area contributed by atoms with E-state index in [0.717, 1.165) is 42.8 Å². The maximum absolute atomic E-state index is 12.1. The lowest BCUT2D eigenvalue weighted by molar-refractivity contribution is 0.0832. The van der Waals surface area contributed by atoms with Gasteiger partial charge in [0.25, 0.3) is 5.91 Å². The standard InChI is InChI=1S/C20H26N4O3S/c1-14(15-4-5-16-17(12-15)27-11-10-26-16)23-6-8-24(9-7-23)20-21-13-18(28-20)19(25)22(2)3/h4-5,12-14H,6-11H2,1-3H3/t14-/m1/s1. The molecule has 1 fully saturated rings. The molecule has 2 aliphatic heterocycles. The van der Waals surface area contributed by atoms with Gasteiger partial charge in [0, 0.05) is 46.3 Å². The molecule has 150 valence electrons. The summed E-state index contributed by atoms with van der Waals surface area (Å²) in [6.45, 7) is 7.16. The summed E-state index contributed by atoms with van der Waals surface area (Å²) in [6, 6.07) is 6.55. The molecule has 1 amide bonds. The van der Waals surface area contributed by atoms with Crippen LogP contribution in [0.15, 0.2) is 24.4 Å². The first kappa shape index (κ1) is 19.0. The number of ether oxygens (including phenoxy) is 2. The lowest BCUT2D eigenvalue weighted by atomic mass is 10.1. The summed E-state index contributed by atoms with van der Waals surface area (Å²) in [5, 5.41) is 0.928. The molecular formula is C20H26N4O3S. The number of aromatic nitrogens is 1. The van der Waals surface area contributed by atoms with Gasteiger partial charge in [-0.05, 0) is 24.6 Å². The van der Waals surface area contributed by atoms with Crippen molar-refractivity contribution in [1.29, 1.82) is 0 Å². The zero-order valence-corrected chi connectivity index (χ0v) is 17.4. The van der Waals surface area contributed by atoms with Crippen LogP contribution in [0, 0.1) is 0 Å². The molecule has 0 N–H and O–H groups in total. The van der Waals surface area contributed by atoms with Crippen LogP contribution in [0.3, 0.4) is 0 Å². The largest absolute Gasteiger partial charge is 0.486 e. The average molecular weight is 403 g/mol. The predicted octanol–water partition coefficient (Wildman–Crippen LogP) is 2.50. The summed E-state index contributed by atoms with van der Waals surface area (Å²) in [6.07, 6.45) is 1.69. The average Bonchev–Trinajstić information content (AvgIpc) is 3.22. The van der Waals surface area contributed by atoms with Gasteiger partial charge in [-0.15, -0.1) is 0 Å². The second-order valence-corrected chi connectivity index (χ2v) is 8.32. The Morgan fingerprint density at radius 1 is 1.14 bits per heavy atom. The van der Waals surface area contributed by atoms with Crippen molar-refractivity contribution in [2.45, 2.75) is 13.0 Å². The van der Waals surface area contributed by atoms with Gasteiger partial charge >= 0.3 is 0 Å². The molecule has 0 spiro atoms. The number of carbonyl (C=O) groups is 1. The first-order valence-corrected chi connectivity index (χ1v) is 10.4. The third-order valence-corrected chi connectivity index (χ3v) is 6.34. The monoisotopic (exact) mass is 402 g/mol. The van der Waals surface area contributed by atoms with Gasteiger partial charge < -0.3 is 19.3 Å². The minimum absolute atomic E-state index is 0.00890. The first-order valence-electron chi connectivity index (χ1n) is 9.59. The molecule has 4 rings (SSSR count). The highest BCUT2D eigenvalue weighted by Crippen LogP contribution is 2.34. The lowest BCUT2D eigenvalue weighted by Gasteiger charge is -2.38. The van der Waals surface area contributed by atoms with Crippen molar-refractivity contribution in [2.24, 2.45) is 0 Å². The molecule has 7 nitrogen and oxygen atoms in total. The summed E-state index contributed by atoms with van der Waals surface area (Å²) >= 11 is 1.47. The van der Waals surface area contributed by atoms with E-state index in [1.54, 1.807) is 25.2 Å². The molecule has 28 heavy (non-hydrogen) atoms. The summed E-state index contributed by atoms with van der Waals surface area (Å²) in [4.78, 5) is 23.6. The molecule has 3 heterocycles. The summed E-state index contributed by atoms with van der Waals surface area (Å²) in [5.74, 6) is 1.68. The number of fused-ring (bicyclic) bond motifs is 1. The van der Waals surface area contributed by atoms with E-state index in [4.69, 9.17) is 9.47 Å². The van der Waals surface area contributed by atoms with Gasteiger partial charge in [0.2, 0.25) is 0 Å². The van der Waals surface area contributed by atoms with Crippen LogP contribution in [0.4, 0.5) is 5.13 Å². The van der Waals surface area contributed by atoms with Gasteiger partial charge in [0.1, 0.15) is 18.1 Å². The molecule has 1 aromatic heterocycles. The Labute approximate surface area is 169 Å². The Morgan fingerprint density at radius 3 is 2.57 bits per heavy atom. The Balaban J connectivity index is 1.38. The van der Waals surface area contributed by atoms with Crippen molar-refractivity contribution in [1.82, 2.24) is 14.8 Å². The van der Waals surface area contributed by atoms with Gasteiger partial charge in [-0.3, -0.25) is 9.69 Å². The summed E-state index contributed by atoms with van der Waals surface area (Å²) in [5.41, 5.74) is 1.24. The third kappa shape index (κ3) is 3.79. The normalized spacial score (nSPS) is 18.0. The number of thiazole rings is 1. The highest BCUT2D eigenvalue weighted by atomic mass is 32.1. The smallest absolute Gasteiger partial charge is 0.265 e. The highest BCUT2D eigenvalue weighted by molar-refractivity contribution is 7.17. The first-order chi connectivity index (χ1) is 13.5. The predicted molar refractivity (Wildman–Crippen MR) is 110 cm³/mol. The van der Waals surface area contributed by atoms with Crippen LogP contribution in [0.25, 0.3) is 0 Å². The number of hydrogen-bond acceptors (Lipinski definition) is 7. The number of amides is 1. The van der Waals surface area contributed by atoms with Crippen LogP contribution >= 0.6 is 11.3 Å². The molecule has 8 heteroatoms. The quantitative estimate of drug-likeness (QED) is 0.783. The Bertz CT molecular complexity index is 846. The highest BCUT2D eigenvalue weighted by Gasteiger charge is 2.25. The number of hydrogen-bond donors (Lipinski definition) is 0. The number of benzene rings is 1. The van der Waals surface area contributed by atoms with Gasteiger partial charge in [0.05, 0.1) is 6.20 Å². The van der Waals surface area contributed by atoms with Gasteiger partial charge in [-0.1, -0.05) is 17.4 Å². The molecule has 1 saturated heterocycles. The number of carbonyl (C=O) groups excluding carboxylic acids is 1. The van der Waals surface area contributed by atoms with E-state index in [2.05, 4.69) is 33.8 Å². The molecule has 2 aliphatic rings. The topological polar surface area (TPSA) is 58.1 Å². The van der Waals surface area contributed by atoms with Crippen LogP contribution in [-0.2, 0) is 0 Å². The molecule has 1 atom stereocenters. The minimum Gasteiger partial charge on any atom is -0.486 e. The van der Waals surface area contributed by atoms with E-state index in [-0.39, 0.29) is 5.91 Å². The van der Waals surface area contributed by atoms with Gasteiger partial charge in [-0.25, -0.2) is 4.98 Å². The van der Waals surface area contributed by atoms with Crippen molar-refractivity contribution >= 4 is 22.4 Å². The SMILES string of the molecule is C[C@H](c1ccc2c(c1)OCCO2)N1CCN(c2ncc(C(=O)N(C)C)s2)CC1. The van der Waals surface area contributed by atoms with Crippen molar-refractivity contribution in [2.75, 3.05) is 58.4 Å². The Morgan fingerprint density at radius 2 is 1.86 bits per heavy atom. The van der Waals surface area contributed by atoms with E-state index in [1.165, 1.54) is 16.9 Å².